The third kappa shape index (κ3) is 7.64. The van der Waals surface area contributed by atoms with Crippen LogP contribution in [0.15, 0.2) is 48.8 Å². The van der Waals surface area contributed by atoms with Gasteiger partial charge in [-0.05, 0) is 49.4 Å². The quantitative estimate of drug-likeness (QED) is 0.697. The fourth-order valence-electron chi connectivity index (χ4n) is 1.89. The zero-order chi connectivity index (χ0) is 15.6. The summed E-state index contributed by atoms with van der Waals surface area (Å²) in [6, 6.07) is 10.7. The lowest BCUT2D eigenvalue weighted by Gasteiger charge is -2.08. The fraction of sp³-hybridized carbons (Fsp3) is 0.294. The number of halogens is 2. The maximum atomic E-state index is 12.0. The Labute approximate surface area is 155 Å². The molecule has 0 atom stereocenters. The molecule has 0 saturated carbocycles. The summed E-state index contributed by atoms with van der Waals surface area (Å²) in [4.78, 5) is 15.9. The van der Waals surface area contributed by atoms with Crippen molar-refractivity contribution in [3.8, 4) is 11.5 Å². The summed E-state index contributed by atoms with van der Waals surface area (Å²) in [6.45, 7) is 4.48. The molecule has 0 radical (unpaired) electrons. The summed E-state index contributed by atoms with van der Waals surface area (Å²) in [5.74, 6) is 1.27. The molecular weight excluding hydrogens is 349 g/mol. The van der Waals surface area contributed by atoms with Crippen LogP contribution in [0.4, 0.5) is 0 Å². The van der Waals surface area contributed by atoms with E-state index in [1.165, 1.54) is 0 Å². The molecule has 0 aliphatic heterocycles. The van der Waals surface area contributed by atoms with Crippen molar-refractivity contribution in [2.45, 2.75) is 13.3 Å². The molecule has 1 aromatic carbocycles. The number of aromatic nitrogens is 1. The van der Waals surface area contributed by atoms with E-state index in [2.05, 4.69) is 22.5 Å². The molecule has 2 rings (SSSR count). The van der Waals surface area contributed by atoms with Gasteiger partial charge in [0.05, 0.1) is 6.20 Å². The fourth-order valence-corrected chi connectivity index (χ4v) is 1.89. The maximum absolute atomic E-state index is 12.0. The van der Waals surface area contributed by atoms with Gasteiger partial charge in [-0.3, -0.25) is 9.78 Å². The Bertz CT molecular complexity index is 580. The predicted molar refractivity (Wildman–Crippen MR) is 101 cm³/mol. The van der Waals surface area contributed by atoms with E-state index < -0.39 is 0 Å². The second-order valence-electron chi connectivity index (χ2n) is 4.82. The number of nitrogens with one attached hydrogen (secondary N) is 2. The molecule has 0 saturated heterocycles. The highest BCUT2D eigenvalue weighted by atomic mass is 35.5. The Kier molecular flexibility index (Phi) is 11.6. The van der Waals surface area contributed by atoms with E-state index in [4.69, 9.17) is 4.74 Å². The molecular formula is C17H23Cl2N3O2. The van der Waals surface area contributed by atoms with Crippen molar-refractivity contribution in [2.24, 2.45) is 0 Å². The molecule has 0 fully saturated rings. The third-order valence-electron chi connectivity index (χ3n) is 3.00. The maximum Gasteiger partial charge on any atom is 0.251 e. The van der Waals surface area contributed by atoms with E-state index in [-0.39, 0.29) is 30.7 Å². The molecule has 0 aliphatic carbocycles. The number of pyridine rings is 1. The smallest absolute Gasteiger partial charge is 0.251 e. The van der Waals surface area contributed by atoms with Crippen LogP contribution < -0.4 is 15.4 Å². The van der Waals surface area contributed by atoms with Crippen molar-refractivity contribution in [2.75, 3.05) is 19.6 Å². The first-order chi connectivity index (χ1) is 10.8. The minimum atomic E-state index is -0.0776. The SMILES string of the molecule is CCCNCCNC(=O)c1ccc(Oc2cccnc2)cc1.Cl.Cl. The zero-order valence-corrected chi connectivity index (χ0v) is 15.2. The first-order valence-corrected chi connectivity index (χ1v) is 7.46. The van der Waals surface area contributed by atoms with Crippen molar-refractivity contribution in [1.82, 2.24) is 15.6 Å². The van der Waals surface area contributed by atoms with E-state index in [1.54, 1.807) is 36.7 Å². The van der Waals surface area contributed by atoms with E-state index in [0.29, 0.717) is 23.6 Å². The Hall–Kier alpha value is -1.82. The Balaban J connectivity index is 0.00000264. The van der Waals surface area contributed by atoms with Crippen molar-refractivity contribution < 1.29 is 9.53 Å². The van der Waals surface area contributed by atoms with Crippen molar-refractivity contribution in [3.63, 3.8) is 0 Å². The minimum Gasteiger partial charge on any atom is -0.456 e. The number of hydrogen-bond acceptors (Lipinski definition) is 4. The molecule has 0 spiro atoms. The summed E-state index contributed by atoms with van der Waals surface area (Å²) in [5, 5.41) is 6.11. The van der Waals surface area contributed by atoms with Gasteiger partial charge in [-0.15, -0.1) is 24.8 Å². The number of carbonyl (C=O) groups excluding carboxylic acids is 1. The lowest BCUT2D eigenvalue weighted by Crippen LogP contribution is -2.32. The van der Waals surface area contributed by atoms with Crippen LogP contribution >= 0.6 is 24.8 Å². The van der Waals surface area contributed by atoms with Gasteiger partial charge in [-0.2, -0.15) is 0 Å². The highest BCUT2D eigenvalue weighted by Gasteiger charge is 2.05. The van der Waals surface area contributed by atoms with Gasteiger partial charge in [0.2, 0.25) is 0 Å². The van der Waals surface area contributed by atoms with E-state index in [9.17, 15) is 4.79 Å². The van der Waals surface area contributed by atoms with Gasteiger partial charge in [0.1, 0.15) is 11.5 Å². The Morgan fingerprint density at radius 3 is 2.42 bits per heavy atom. The topological polar surface area (TPSA) is 63.2 Å². The van der Waals surface area contributed by atoms with Crippen LogP contribution in [0, 0.1) is 0 Å². The molecule has 1 aromatic heterocycles. The average molecular weight is 372 g/mol. The molecule has 132 valence electrons. The van der Waals surface area contributed by atoms with Gasteiger partial charge >= 0.3 is 0 Å². The first-order valence-electron chi connectivity index (χ1n) is 7.46. The number of carbonyl (C=O) groups is 1. The van der Waals surface area contributed by atoms with Gasteiger partial charge in [-0.1, -0.05) is 6.92 Å². The lowest BCUT2D eigenvalue weighted by atomic mass is 10.2. The van der Waals surface area contributed by atoms with E-state index in [1.807, 2.05) is 12.1 Å². The van der Waals surface area contributed by atoms with Crippen LogP contribution in [0.3, 0.4) is 0 Å². The van der Waals surface area contributed by atoms with Crippen molar-refractivity contribution in [3.05, 3.63) is 54.4 Å². The summed E-state index contributed by atoms with van der Waals surface area (Å²) in [7, 11) is 0. The monoisotopic (exact) mass is 371 g/mol. The summed E-state index contributed by atoms with van der Waals surface area (Å²) in [6.07, 6.45) is 4.42. The molecule has 2 aromatic rings. The highest BCUT2D eigenvalue weighted by Crippen LogP contribution is 2.20. The van der Waals surface area contributed by atoms with Crippen LogP contribution in [0.2, 0.25) is 0 Å². The van der Waals surface area contributed by atoms with Gasteiger partial charge in [0, 0.05) is 24.8 Å². The number of nitrogens with zero attached hydrogens (tertiary/aromatic N) is 1. The van der Waals surface area contributed by atoms with E-state index in [0.717, 1.165) is 19.5 Å². The zero-order valence-electron chi connectivity index (χ0n) is 13.5. The Morgan fingerprint density at radius 2 is 1.79 bits per heavy atom. The largest absolute Gasteiger partial charge is 0.456 e. The standard InChI is InChI=1S/C17H21N3O2.2ClH/c1-2-9-18-11-12-20-17(21)14-5-7-15(8-6-14)22-16-4-3-10-19-13-16;;/h3-8,10,13,18H,2,9,11-12H2,1H3,(H,20,21);2*1H. The second kappa shape index (κ2) is 12.6. The number of rotatable bonds is 8. The molecule has 2 N–H and O–H groups in total. The summed E-state index contributed by atoms with van der Waals surface area (Å²) < 4.78 is 5.63. The second-order valence-corrected chi connectivity index (χ2v) is 4.82. The number of amides is 1. The van der Waals surface area contributed by atoms with Crippen LogP contribution in [-0.2, 0) is 0 Å². The molecule has 0 bridgehead atoms. The molecule has 24 heavy (non-hydrogen) atoms. The summed E-state index contributed by atoms with van der Waals surface area (Å²) >= 11 is 0. The molecule has 5 nitrogen and oxygen atoms in total. The first kappa shape index (κ1) is 22.2. The average Bonchev–Trinajstić information content (AvgIpc) is 2.56. The Morgan fingerprint density at radius 1 is 1.04 bits per heavy atom. The molecule has 1 amide bonds. The number of benzene rings is 1. The summed E-state index contributed by atoms with van der Waals surface area (Å²) in [5.41, 5.74) is 0.619. The van der Waals surface area contributed by atoms with Gasteiger partial charge in [0.15, 0.2) is 0 Å². The van der Waals surface area contributed by atoms with Crippen LogP contribution in [0.5, 0.6) is 11.5 Å². The van der Waals surface area contributed by atoms with Gasteiger partial charge in [0.25, 0.3) is 5.91 Å². The normalized spacial score (nSPS) is 9.38. The predicted octanol–water partition coefficient (Wildman–Crippen LogP) is 3.45. The molecule has 0 aliphatic rings. The molecule has 7 heteroatoms. The highest BCUT2D eigenvalue weighted by molar-refractivity contribution is 5.94. The van der Waals surface area contributed by atoms with Gasteiger partial charge < -0.3 is 15.4 Å². The van der Waals surface area contributed by atoms with Crippen LogP contribution in [0.1, 0.15) is 23.7 Å². The van der Waals surface area contributed by atoms with Gasteiger partial charge in [-0.25, -0.2) is 0 Å². The minimum absolute atomic E-state index is 0. The van der Waals surface area contributed by atoms with Crippen molar-refractivity contribution in [1.29, 1.82) is 0 Å². The van der Waals surface area contributed by atoms with Crippen molar-refractivity contribution >= 4 is 30.7 Å². The third-order valence-corrected chi connectivity index (χ3v) is 3.00. The van der Waals surface area contributed by atoms with E-state index >= 15 is 0 Å². The number of ether oxygens (including phenoxy) is 1. The van der Waals surface area contributed by atoms with Crippen LogP contribution in [0.25, 0.3) is 0 Å². The lowest BCUT2D eigenvalue weighted by molar-refractivity contribution is 0.0954. The molecule has 1 heterocycles. The van der Waals surface area contributed by atoms with Crippen LogP contribution in [-0.4, -0.2) is 30.5 Å². The molecule has 0 unspecified atom stereocenters. The number of hydrogen-bond donors (Lipinski definition) is 2.